The highest BCUT2D eigenvalue weighted by molar-refractivity contribution is 7.62. The highest BCUT2D eigenvalue weighted by atomic mass is 35.5. The molecular weight excluding hydrogens is 525 g/mol. The summed E-state index contributed by atoms with van der Waals surface area (Å²) in [6, 6.07) is 2.01. The van der Waals surface area contributed by atoms with Gasteiger partial charge in [-0.15, -0.1) is 11.6 Å². The van der Waals surface area contributed by atoms with E-state index >= 15 is 0 Å². The van der Waals surface area contributed by atoms with Crippen molar-refractivity contribution in [3.05, 3.63) is 23.0 Å². The van der Waals surface area contributed by atoms with Crippen LogP contribution in [0.1, 0.15) is 40.5 Å². The Kier molecular flexibility index (Phi) is 11.0. The summed E-state index contributed by atoms with van der Waals surface area (Å²) in [5.74, 6) is -6.34. The summed E-state index contributed by atoms with van der Waals surface area (Å²) >= 11 is 12.7. The Morgan fingerprint density at radius 3 is 2.17 bits per heavy atom. The molecule has 0 saturated heterocycles. The molecule has 0 aromatic heterocycles. The number of anilines is 1. The van der Waals surface area contributed by atoms with Crippen molar-refractivity contribution in [2.24, 2.45) is 17.6 Å². The SMILES string of the molecule is CCOC1(OCC)C(Cl)CCC(C(=O)Nc2cc(P(=O)(OCC)OCC)c(Cl)cc2F)C1C(N)=O. The van der Waals surface area contributed by atoms with Gasteiger partial charge in [-0.05, 0) is 52.7 Å². The van der Waals surface area contributed by atoms with Crippen LogP contribution in [0, 0.1) is 17.7 Å². The Morgan fingerprint density at radius 2 is 1.69 bits per heavy atom. The lowest BCUT2D eigenvalue weighted by Crippen LogP contribution is -2.62. The number of carbonyl (C=O) groups is 2. The number of amides is 2. The number of halogens is 3. The lowest BCUT2D eigenvalue weighted by atomic mass is 9.73. The van der Waals surface area contributed by atoms with Crippen LogP contribution in [0.5, 0.6) is 0 Å². The zero-order chi connectivity index (χ0) is 26.4. The molecule has 1 saturated carbocycles. The van der Waals surface area contributed by atoms with Crippen LogP contribution < -0.4 is 16.4 Å². The van der Waals surface area contributed by atoms with Crippen LogP contribution in [0.4, 0.5) is 10.1 Å². The second-order valence-electron chi connectivity index (χ2n) is 7.72. The molecule has 0 radical (unpaired) electrons. The summed E-state index contributed by atoms with van der Waals surface area (Å²) in [5.41, 5.74) is 5.37. The van der Waals surface area contributed by atoms with E-state index < -0.39 is 48.2 Å². The van der Waals surface area contributed by atoms with E-state index in [9.17, 15) is 18.5 Å². The summed E-state index contributed by atoms with van der Waals surface area (Å²) in [6.45, 7) is 7.04. The average molecular weight is 557 g/mol. The fourth-order valence-corrected chi connectivity index (χ4v) is 6.78. The van der Waals surface area contributed by atoms with Crippen molar-refractivity contribution in [1.82, 2.24) is 0 Å². The van der Waals surface area contributed by atoms with Crippen molar-refractivity contribution in [2.75, 3.05) is 31.7 Å². The molecule has 13 heteroatoms. The fourth-order valence-electron chi connectivity index (χ4n) is 4.29. The van der Waals surface area contributed by atoms with Crippen molar-refractivity contribution in [2.45, 2.75) is 51.7 Å². The Balaban J connectivity index is 2.47. The number of primary amides is 1. The maximum atomic E-state index is 14.8. The van der Waals surface area contributed by atoms with E-state index in [1.54, 1.807) is 27.7 Å². The Bertz CT molecular complexity index is 952. The molecule has 1 aliphatic rings. The number of benzene rings is 1. The number of hydrogen-bond donors (Lipinski definition) is 2. The molecule has 0 heterocycles. The second kappa shape index (κ2) is 12.8. The molecule has 1 aromatic carbocycles. The van der Waals surface area contributed by atoms with Crippen molar-refractivity contribution in [1.29, 1.82) is 0 Å². The van der Waals surface area contributed by atoms with Gasteiger partial charge in [-0.2, -0.15) is 0 Å². The van der Waals surface area contributed by atoms with Crippen LogP contribution in [-0.2, 0) is 32.7 Å². The Labute approximate surface area is 214 Å². The zero-order valence-corrected chi connectivity index (χ0v) is 22.6. The van der Waals surface area contributed by atoms with E-state index in [0.29, 0.717) is 0 Å². The molecule has 1 aromatic rings. The number of carbonyl (C=O) groups excluding carboxylic acids is 2. The van der Waals surface area contributed by atoms with E-state index in [1.807, 2.05) is 0 Å². The van der Waals surface area contributed by atoms with Gasteiger partial charge in [-0.1, -0.05) is 11.6 Å². The third kappa shape index (κ3) is 6.36. The summed E-state index contributed by atoms with van der Waals surface area (Å²) in [6.07, 6.45) is 0.454. The molecule has 3 N–H and O–H groups in total. The molecule has 2 rings (SSSR count). The van der Waals surface area contributed by atoms with Crippen molar-refractivity contribution < 1.29 is 37.1 Å². The van der Waals surface area contributed by atoms with Crippen LogP contribution in [0.25, 0.3) is 0 Å². The predicted octanol–water partition coefficient (Wildman–Crippen LogP) is 4.20. The minimum absolute atomic E-state index is 0.0472. The van der Waals surface area contributed by atoms with Gasteiger partial charge < -0.3 is 29.6 Å². The normalized spacial score (nSPS) is 22.1. The first-order valence-corrected chi connectivity index (χ1v) is 13.8. The van der Waals surface area contributed by atoms with Gasteiger partial charge in [-0.3, -0.25) is 14.2 Å². The Hall–Kier alpha value is -1.26. The van der Waals surface area contributed by atoms with Gasteiger partial charge in [0.15, 0.2) is 5.79 Å². The van der Waals surface area contributed by atoms with E-state index in [4.69, 9.17) is 47.5 Å². The largest absolute Gasteiger partial charge is 0.369 e. The fraction of sp³-hybridized carbons (Fsp3) is 0.636. The van der Waals surface area contributed by atoms with Crippen LogP contribution >= 0.6 is 30.8 Å². The summed E-state index contributed by atoms with van der Waals surface area (Å²) in [5, 5.41) is 1.43. The Morgan fingerprint density at radius 1 is 1.11 bits per heavy atom. The van der Waals surface area contributed by atoms with Crippen molar-refractivity contribution >= 4 is 53.6 Å². The maximum absolute atomic E-state index is 14.8. The molecular formula is C22H32Cl2FN2O7P. The standard InChI is InChI=1S/C22H32Cl2FN2O7P/c1-5-31-22(32-6-2)18(24)10-9-13(19(22)20(26)28)21(29)27-16-12-17(14(23)11-15(16)25)35(30,33-7-3)34-8-4/h11-13,18-19H,5-10H2,1-4H3,(H2,26,28)(H,27,29). The van der Waals surface area contributed by atoms with E-state index in [1.165, 1.54) is 0 Å². The average Bonchev–Trinajstić information content (AvgIpc) is 2.77. The quantitative estimate of drug-likeness (QED) is 0.224. The van der Waals surface area contributed by atoms with Crippen LogP contribution in [0.2, 0.25) is 5.02 Å². The molecule has 9 nitrogen and oxygen atoms in total. The zero-order valence-electron chi connectivity index (χ0n) is 20.1. The number of nitrogens with one attached hydrogen (secondary N) is 1. The summed E-state index contributed by atoms with van der Waals surface area (Å²) in [7, 11) is -3.89. The highest BCUT2D eigenvalue weighted by Gasteiger charge is 2.58. The van der Waals surface area contributed by atoms with Gasteiger partial charge in [0.05, 0.1) is 40.5 Å². The van der Waals surface area contributed by atoms with E-state index in [2.05, 4.69) is 5.32 Å². The molecule has 198 valence electrons. The number of alkyl halides is 1. The topological polar surface area (TPSA) is 126 Å². The number of hydrogen-bond acceptors (Lipinski definition) is 7. The lowest BCUT2D eigenvalue weighted by molar-refractivity contribution is -0.275. The van der Waals surface area contributed by atoms with E-state index in [-0.39, 0.29) is 55.3 Å². The summed E-state index contributed by atoms with van der Waals surface area (Å²) < 4.78 is 50.2. The van der Waals surface area contributed by atoms with Gasteiger partial charge in [0.25, 0.3) is 0 Å². The first-order chi connectivity index (χ1) is 16.5. The molecule has 3 unspecified atom stereocenters. The minimum atomic E-state index is -3.89. The molecule has 1 aliphatic carbocycles. The second-order valence-corrected chi connectivity index (χ2v) is 10.7. The molecule has 35 heavy (non-hydrogen) atoms. The molecule has 2 amide bonds. The number of rotatable bonds is 12. The van der Waals surface area contributed by atoms with Crippen LogP contribution in [-0.4, -0.2) is 49.4 Å². The third-order valence-electron chi connectivity index (χ3n) is 5.57. The molecule has 0 spiro atoms. The number of ether oxygens (including phenoxy) is 2. The highest BCUT2D eigenvalue weighted by Crippen LogP contribution is 2.49. The smallest absolute Gasteiger partial charge is 0.362 e. The summed E-state index contributed by atoms with van der Waals surface area (Å²) in [4.78, 5) is 25.9. The van der Waals surface area contributed by atoms with Gasteiger partial charge in [0.2, 0.25) is 11.8 Å². The van der Waals surface area contributed by atoms with Crippen LogP contribution in [0.15, 0.2) is 12.1 Å². The first-order valence-electron chi connectivity index (χ1n) is 11.4. The minimum Gasteiger partial charge on any atom is -0.369 e. The van der Waals surface area contributed by atoms with Crippen molar-refractivity contribution in [3.63, 3.8) is 0 Å². The molecule has 1 fully saturated rings. The molecule has 0 aliphatic heterocycles. The molecule has 3 atom stereocenters. The van der Waals surface area contributed by atoms with Gasteiger partial charge in [0.1, 0.15) is 11.7 Å². The van der Waals surface area contributed by atoms with E-state index in [0.717, 1.165) is 12.1 Å². The van der Waals surface area contributed by atoms with Crippen molar-refractivity contribution in [3.8, 4) is 0 Å². The monoisotopic (exact) mass is 556 g/mol. The number of nitrogens with two attached hydrogens (primary N) is 1. The van der Waals surface area contributed by atoms with Gasteiger partial charge >= 0.3 is 7.60 Å². The molecule has 0 bridgehead atoms. The maximum Gasteiger partial charge on any atom is 0.362 e. The first kappa shape index (κ1) is 30.0. The third-order valence-corrected chi connectivity index (χ3v) is 8.70. The lowest BCUT2D eigenvalue weighted by Gasteiger charge is -2.47. The van der Waals surface area contributed by atoms with Crippen LogP contribution in [0.3, 0.4) is 0 Å². The van der Waals surface area contributed by atoms with Gasteiger partial charge in [0, 0.05) is 13.2 Å². The van der Waals surface area contributed by atoms with Gasteiger partial charge in [-0.25, -0.2) is 4.39 Å². The predicted molar refractivity (Wildman–Crippen MR) is 132 cm³/mol.